The molecule has 0 aliphatic carbocycles. The number of rotatable bonds is 4. The second-order valence-corrected chi connectivity index (χ2v) is 6.85. The van der Waals surface area contributed by atoms with Gasteiger partial charge in [-0.3, -0.25) is 14.2 Å². The summed E-state index contributed by atoms with van der Waals surface area (Å²) in [6.45, 7) is 1.76. The van der Waals surface area contributed by atoms with Gasteiger partial charge in [0.25, 0.3) is 11.5 Å². The number of fused-ring (bicyclic) bond motifs is 1. The molecule has 1 heterocycles. The number of carbonyl (C=O) groups excluding carboxylic acids is 2. The standard InChI is InChI=1S/C24H19N3O4/c1-15-25-20-9-5-3-7-18(20)23(29)27(15)17-13-11-16(12-14-17)22(28)26-21-10-6-4-8-19(21)24(30)31-2/h3-14H,1-2H3,(H,26,28). The molecule has 154 valence electrons. The Morgan fingerprint density at radius 3 is 2.35 bits per heavy atom. The molecule has 3 aromatic carbocycles. The molecular formula is C24H19N3O4. The van der Waals surface area contributed by atoms with Gasteiger partial charge in [0.2, 0.25) is 0 Å². The topological polar surface area (TPSA) is 90.3 Å². The van der Waals surface area contributed by atoms with Gasteiger partial charge in [0, 0.05) is 5.56 Å². The Labute approximate surface area is 177 Å². The second kappa shape index (κ2) is 8.23. The summed E-state index contributed by atoms with van der Waals surface area (Å²) < 4.78 is 6.26. The van der Waals surface area contributed by atoms with Crippen molar-refractivity contribution in [2.45, 2.75) is 6.92 Å². The number of benzene rings is 3. The molecule has 0 fully saturated rings. The third kappa shape index (κ3) is 3.81. The largest absolute Gasteiger partial charge is 0.465 e. The fraction of sp³-hybridized carbons (Fsp3) is 0.0833. The maximum absolute atomic E-state index is 12.9. The van der Waals surface area contributed by atoms with Crippen LogP contribution < -0.4 is 10.9 Å². The zero-order valence-corrected chi connectivity index (χ0v) is 17.0. The van der Waals surface area contributed by atoms with E-state index in [0.717, 1.165) is 0 Å². The first-order valence-corrected chi connectivity index (χ1v) is 9.57. The van der Waals surface area contributed by atoms with Gasteiger partial charge in [0.15, 0.2) is 0 Å². The van der Waals surface area contributed by atoms with Gasteiger partial charge in [-0.1, -0.05) is 24.3 Å². The Kier molecular flexibility index (Phi) is 5.32. The number of esters is 1. The molecule has 0 aliphatic heterocycles. The number of nitrogens with zero attached hydrogens (tertiary/aromatic N) is 2. The first kappa shape index (κ1) is 20.0. The Bertz CT molecular complexity index is 1360. The van der Waals surface area contributed by atoms with Crippen LogP contribution in [0.3, 0.4) is 0 Å². The SMILES string of the molecule is COC(=O)c1ccccc1NC(=O)c1ccc(-n2c(C)nc3ccccc3c2=O)cc1. The van der Waals surface area contributed by atoms with E-state index in [0.29, 0.717) is 33.7 Å². The van der Waals surface area contributed by atoms with E-state index < -0.39 is 5.97 Å². The predicted molar refractivity (Wildman–Crippen MR) is 118 cm³/mol. The monoisotopic (exact) mass is 413 g/mol. The highest BCUT2D eigenvalue weighted by Crippen LogP contribution is 2.18. The molecule has 4 aromatic rings. The van der Waals surface area contributed by atoms with Crippen molar-refractivity contribution in [1.82, 2.24) is 9.55 Å². The van der Waals surface area contributed by atoms with Crippen LogP contribution in [0.25, 0.3) is 16.6 Å². The second-order valence-electron chi connectivity index (χ2n) is 6.85. The first-order valence-electron chi connectivity index (χ1n) is 9.57. The predicted octanol–water partition coefficient (Wildman–Crippen LogP) is 3.73. The highest BCUT2D eigenvalue weighted by Gasteiger charge is 2.15. The lowest BCUT2D eigenvalue weighted by Gasteiger charge is -2.12. The van der Waals surface area contributed by atoms with Gasteiger partial charge in [0.1, 0.15) is 5.82 Å². The molecule has 7 heteroatoms. The molecule has 7 nitrogen and oxygen atoms in total. The summed E-state index contributed by atoms with van der Waals surface area (Å²) in [5.41, 5.74) is 2.07. The molecular weight excluding hydrogens is 394 g/mol. The molecule has 0 unspecified atom stereocenters. The van der Waals surface area contributed by atoms with Crippen molar-refractivity contribution in [3.05, 3.63) is 100 Å². The summed E-state index contributed by atoms with van der Waals surface area (Å²) in [4.78, 5) is 42.0. The minimum atomic E-state index is -0.537. The molecule has 0 saturated carbocycles. The summed E-state index contributed by atoms with van der Waals surface area (Å²) in [6.07, 6.45) is 0. The Morgan fingerprint density at radius 2 is 1.61 bits per heavy atom. The lowest BCUT2D eigenvalue weighted by molar-refractivity contribution is 0.0602. The van der Waals surface area contributed by atoms with Crippen molar-refractivity contribution >= 4 is 28.5 Å². The van der Waals surface area contributed by atoms with E-state index in [4.69, 9.17) is 4.74 Å². The Morgan fingerprint density at radius 1 is 0.935 bits per heavy atom. The van der Waals surface area contributed by atoms with Gasteiger partial charge in [0.05, 0.1) is 35.0 Å². The molecule has 0 bridgehead atoms. The van der Waals surface area contributed by atoms with Crippen molar-refractivity contribution in [2.75, 3.05) is 12.4 Å². The minimum absolute atomic E-state index is 0.174. The maximum Gasteiger partial charge on any atom is 0.339 e. The van der Waals surface area contributed by atoms with E-state index in [9.17, 15) is 14.4 Å². The van der Waals surface area contributed by atoms with Crippen molar-refractivity contribution in [1.29, 1.82) is 0 Å². The average Bonchev–Trinajstić information content (AvgIpc) is 2.79. The molecule has 4 rings (SSSR count). The normalized spacial score (nSPS) is 10.6. The summed E-state index contributed by atoms with van der Waals surface area (Å²) in [5, 5.41) is 3.25. The number of aromatic nitrogens is 2. The van der Waals surface area contributed by atoms with E-state index in [2.05, 4.69) is 10.3 Å². The third-order valence-corrected chi connectivity index (χ3v) is 4.91. The van der Waals surface area contributed by atoms with Crippen molar-refractivity contribution in [3.8, 4) is 5.69 Å². The fourth-order valence-electron chi connectivity index (χ4n) is 3.38. The minimum Gasteiger partial charge on any atom is -0.465 e. The lowest BCUT2D eigenvalue weighted by Crippen LogP contribution is -2.22. The van der Waals surface area contributed by atoms with Crippen LogP contribution in [0.5, 0.6) is 0 Å². The van der Waals surface area contributed by atoms with Crippen LogP contribution in [-0.4, -0.2) is 28.5 Å². The highest BCUT2D eigenvalue weighted by molar-refractivity contribution is 6.08. The number of carbonyl (C=O) groups is 2. The Hall–Kier alpha value is -4.26. The van der Waals surface area contributed by atoms with Gasteiger partial charge in [-0.05, 0) is 55.5 Å². The van der Waals surface area contributed by atoms with Gasteiger partial charge >= 0.3 is 5.97 Å². The molecule has 1 aromatic heterocycles. The number of aryl methyl sites for hydroxylation is 1. The van der Waals surface area contributed by atoms with Gasteiger partial charge in [-0.2, -0.15) is 0 Å². The summed E-state index contributed by atoms with van der Waals surface area (Å²) in [5.74, 6) is -0.374. The molecule has 1 amide bonds. The van der Waals surface area contributed by atoms with Gasteiger partial charge in [-0.15, -0.1) is 0 Å². The number of anilines is 1. The van der Waals surface area contributed by atoms with Crippen LogP contribution in [0.15, 0.2) is 77.6 Å². The average molecular weight is 413 g/mol. The van der Waals surface area contributed by atoms with Crippen molar-refractivity contribution in [3.63, 3.8) is 0 Å². The van der Waals surface area contributed by atoms with E-state index in [1.54, 1.807) is 73.7 Å². The molecule has 0 aliphatic rings. The number of hydrogen-bond acceptors (Lipinski definition) is 5. The number of ether oxygens (including phenoxy) is 1. The molecule has 0 saturated heterocycles. The molecule has 0 spiro atoms. The fourth-order valence-corrected chi connectivity index (χ4v) is 3.38. The maximum atomic E-state index is 12.9. The van der Waals surface area contributed by atoms with Crippen LogP contribution in [-0.2, 0) is 4.74 Å². The summed E-state index contributed by atoms with van der Waals surface area (Å²) in [6, 6.07) is 20.4. The van der Waals surface area contributed by atoms with Crippen LogP contribution in [0, 0.1) is 6.92 Å². The quantitative estimate of drug-likeness (QED) is 0.515. The number of para-hydroxylation sites is 2. The van der Waals surface area contributed by atoms with Crippen LogP contribution in [0.1, 0.15) is 26.5 Å². The van der Waals surface area contributed by atoms with Crippen LogP contribution >= 0.6 is 0 Å². The number of hydrogen-bond donors (Lipinski definition) is 1. The lowest BCUT2D eigenvalue weighted by atomic mass is 10.1. The van der Waals surface area contributed by atoms with Gasteiger partial charge < -0.3 is 10.1 Å². The molecule has 0 radical (unpaired) electrons. The summed E-state index contributed by atoms with van der Waals surface area (Å²) >= 11 is 0. The first-order chi connectivity index (χ1) is 15.0. The third-order valence-electron chi connectivity index (χ3n) is 4.91. The van der Waals surface area contributed by atoms with Crippen molar-refractivity contribution in [2.24, 2.45) is 0 Å². The van der Waals surface area contributed by atoms with E-state index in [1.165, 1.54) is 11.7 Å². The zero-order chi connectivity index (χ0) is 22.0. The summed E-state index contributed by atoms with van der Waals surface area (Å²) in [7, 11) is 1.28. The Balaban J connectivity index is 1.64. The zero-order valence-electron chi connectivity index (χ0n) is 17.0. The highest BCUT2D eigenvalue weighted by atomic mass is 16.5. The van der Waals surface area contributed by atoms with E-state index in [1.807, 2.05) is 6.07 Å². The van der Waals surface area contributed by atoms with E-state index >= 15 is 0 Å². The molecule has 1 N–H and O–H groups in total. The van der Waals surface area contributed by atoms with E-state index in [-0.39, 0.29) is 17.0 Å². The molecule has 0 atom stereocenters. The number of methoxy groups -OCH3 is 1. The van der Waals surface area contributed by atoms with Gasteiger partial charge in [-0.25, -0.2) is 9.78 Å². The number of nitrogens with one attached hydrogen (secondary N) is 1. The molecule has 31 heavy (non-hydrogen) atoms. The van der Waals surface area contributed by atoms with Crippen molar-refractivity contribution < 1.29 is 14.3 Å². The smallest absolute Gasteiger partial charge is 0.339 e. The van der Waals surface area contributed by atoms with Crippen LogP contribution in [0.2, 0.25) is 0 Å². The van der Waals surface area contributed by atoms with Crippen LogP contribution in [0.4, 0.5) is 5.69 Å². The number of amides is 1.